The molecular formula is C24H28N4O7S. The van der Waals surface area contributed by atoms with Gasteiger partial charge in [0.15, 0.2) is 0 Å². The van der Waals surface area contributed by atoms with E-state index in [1.54, 1.807) is 30.3 Å². The number of benzene rings is 2. The second-order valence-electron chi connectivity index (χ2n) is 8.01. The summed E-state index contributed by atoms with van der Waals surface area (Å²) in [5, 5.41) is 17.0. The minimum absolute atomic E-state index is 0.122. The summed E-state index contributed by atoms with van der Waals surface area (Å²) in [5.41, 5.74) is 9.36. The van der Waals surface area contributed by atoms with Crippen molar-refractivity contribution in [2.45, 2.75) is 13.0 Å². The van der Waals surface area contributed by atoms with Gasteiger partial charge in [-0.2, -0.15) is 0 Å². The van der Waals surface area contributed by atoms with Crippen LogP contribution in [0.3, 0.4) is 0 Å². The fourth-order valence-corrected chi connectivity index (χ4v) is 3.84. The average Bonchev–Trinajstić information content (AvgIpc) is 3.23. The zero-order valence-electron chi connectivity index (χ0n) is 19.8. The highest BCUT2D eigenvalue weighted by Gasteiger charge is 2.08. The van der Waals surface area contributed by atoms with Crippen LogP contribution in [-0.2, 0) is 32.6 Å². The van der Waals surface area contributed by atoms with E-state index in [1.807, 2.05) is 38.5 Å². The molecule has 6 N–H and O–H groups in total. The molecule has 3 rings (SSSR count). The van der Waals surface area contributed by atoms with Gasteiger partial charge < -0.3 is 25.8 Å². The molecule has 0 saturated carbocycles. The Morgan fingerprint density at radius 1 is 1.06 bits per heavy atom. The summed E-state index contributed by atoms with van der Waals surface area (Å²) in [6.45, 7) is 1.06. The van der Waals surface area contributed by atoms with Crippen LogP contribution in [0.1, 0.15) is 27.0 Å². The third-order valence-electron chi connectivity index (χ3n) is 4.96. The number of sulfonamides is 1. The van der Waals surface area contributed by atoms with E-state index in [9.17, 15) is 13.2 Å². The smallest absolute Gasteiger partial charge is 0.414 e. The Bertz CT molecular complexity index is 1350. The number of primary amides is 1. The molecule has 1 amide bonds. The number of H-pyrrole nitrogens is 1. The number of hydrogen-bond donors (Lipinski definition) is 5. The van der Waals surface area contributed by atoms with Gasteiger partial charge in [-0.05, 0) is 67.5 Å². The van der Waals surface area contributed by atoms with E-state index in [0.717, 1.165) is 40.4 Å². The van der Waals surface area contributed by atoms with Crippen molar-refractivity contribution < 1.29 is 33.0 Å². The Kier molecular flexibility index (Phi) is 9.91. The third-order valence-corrected chi connectivity index (χ3v) is 6.00. The van der Waals surface area contributed by atoms with E-state index in [1.165, 1.54) is 5.56 Å². The Morgan fingerprint density at radius 3 is 2.25 bits per heavy atom. The molecule has 0 aliphatic rings. The highest BCUT2D eigenvalue weighted by atomic mass is 32.2. The van der Waals surface area contributed by atoms with Crippen molar-refractivity contribution in [3.05, 3.63) is 76.3 Å². The van der Waals surface area contributed by atoms with Gasteiger partial charge in [0.2, 0.25) is 15.9 Å². The molecule has 12 heteroatoms. The molecule has 0 radical (unpaired) electrons. The van der Waals surface area contributed by atoms with E-state index in [-0.39, 0.29) is 6.54 Å². The topological polar surface area (TPSA) is 183 Å². The van der Waals surface area contributed by atoms with E-state index >= 15 is 0 Å². The predicted octanol–water partition coefficient (Wildman–Crippen LogP) is 1.62. The molecular weight excluding hydrogens is 488 g/mol. The summed E-state index contributed by atoms with van der Waals surface area (Å²) in [6.07, 6.45) is 4.50. The maximum atomic E-state index is 12.3. The van der Waals surface area contributed by atoms with Crippen LogP contribution in [-0.4, -0.2) is 67.0 Å². The van der Waals surface area contributed by atoms with Gasteiger partial charge in [-0.1, -0.05) is 18.2 Å². The molecule has 0 fully saturated rings. The van der Waals surface area contributed by atoms with Crippen molar-refractivity contribution in [1.29, 1.82) is 0 Å². The largest absolute Gasteiger partial charge is 0.473 e. The number of rotatable bonds is 9. The molecule has 3 aromatic rings. The van der Waals surface area contributed by atoms with Crippen LogP contribution in [0.4, 0.5) is 0 Å². The van der Waals surface area contributed by atoms with Crippen molar-refractivity contribution in [2.24, 2.45) is 5.73 Å². The first-order valence-corrected chi connectivity index (χ1v) is 12.2. The first-order chi connectivity index (χ1) is 16.9. The normalized spacial score (nSPS) is 11.4. The van der Waals surface area contributed by atoms with Crippen LogP contribution in [0.25, 0.3) is 17.0 Å². The predicted molar refractivity (Wildman–Crippen MR) is 136 cm³/mol. The van der Waals surface area contributed by atoms with Crippen LogP contribution >= 0.6 is 0 Å². The SMILES string of the molecule is CN(C)CCc1c[nH]c2ccc(C=CS(=O)(=O)NCc3ccc(C(N)=O)cc3)cc12.O=C(O)C(=O)O. The second kappa shape index (κ2) is 12.6. The molecule has 1 aromatic heterocycles. The monoisotopic (exact) mass is 516 g/mol. The van der Waals surface area contributed by atoms with Gasteiger partial charge in [-0.25, -0.2) is 22.7 Å². The van der Waals surface area contributed by atoms with Crippen molar-refractivity contribution in [2.75, 3.05) is 20.6 Å². The van der Waals surface area contributed by atoms with Gasteiger partial charge in [-0.3, -0.25) is 4.79 Å². The van der Waals surface area contributed by atoms with Gasteiger partial charge in [0.25, 0.3) is 0 Å². The molecule has 0 spiro atoms. The van der Waals surface area contributed by atoms with Crippen molar-refractivity contribution in [1.82, 2.24) is 14.6 Å². The van der Waals surface area contributed by atoms with E-state index in [2.05, 4.69) is 14.6 Å². The molecule has 11 nitrogen and oxygen atoms in total. The fourth-order valence-electron chi connectivity index (χ4n) is 3.04. The zero-order chi connectivity index (χ0) is 26.9. The maximum absolute atomic E-state index is 12.3. The number of nitrogens with two attached hydrogens (primary N) is 1. The molecule has 1 heterocycles. The Morgan fingerprint density at radius 2 is 1.69 bits per heavy atom. The number of amides is 1. The minimum Gasteiger partial charge on any atom is -0.473 e. The van der Waals surface area contributed by atoms with Gasteiger partial charge in [-0.15, -0.1) is 0 Å². The van der Waals surface area contributed by atoms with Crippen molar-refractivity contribution in [3.63, 3.8) is 0 Å². The number of hydrogen-bond acceptors (Lipinski definition) is 6. The van der Waals surface area contributed by atoms with Crippen LogP contribution < -0.4 is 10.5 Å². The Labute approximate surface area is 208 Å². The summed E-state index contributed by atoms with van der Waals surface area (Å²) in [5.74, 6) is -4.17. The number of nitrogens with one attached hydrogen (secondary N) is 2. The van der Waals surface area contributed by atoms with Gasteiger partial charge in [0, 0.05) is 41.2 Å². The van der Waals surface area contributed by atoms with Gasteiger partial charge >= 0.3 is 11.9 Å². The molecule has 36 heavy (non-hydrogen) atoms. The van der Waals surface area contributed by atoms with Crippen molar-refractivity contribution >= 4 is 44.8 Å². The summed E-state index contributed by atoms with van der Waals surface area (Å²) in [4.78, 5) is 34.7. The molecule has 0 aliphatic heterocycles. The molecule has 0 bridgehead atoms. The minimum atomic E-state index is -3.61. The van der Waals surface area contributed by atoms with E-state index < -0.39 is 27.9 Å². The molecule has 2 aromatic carbocycles. The van der Waals surface area contributed by atoms with Crippen LogP contribution in [0.15, 0.2) is 54.1 Å². The number of aromatic amines is 1. The molecule has 0 saturated heterocycles. The number of carboxylic acid groups (broad SMARTS) is 2. The lowest BCUT2D eigenvalue weighted by molar-refractivity contribution is -0.159. The third kappa shape index (κ3) is 8.98. The summed E-state index contributed by atoms with van der Waals surface area (Å²) in [7, 11) is 0.457. The summed E-state index contributed by atoms with van der Waals surface area (Å²) in [6, 6.07) is 12.3. The molecule has 192 valence electrons. The Balaban J connectivity index is 0.000000678. The average molecular weight is 517 g/mol. The second-order valence-corrected chi connectivity index (χ2v) is 9.66. The number of nitrogens with zero attached hydrogens (tertiary/aromatic N) is 1. The van der Waals surface area contributed by atoms with E-state index in [0.29, 0.717) is 5.56 Å². The highest BCUT2D eigenvalue weighted by molar-refractivity contribution is 7.92. The van der Waals surface area contributed by atoms with Gasteiger partial charge in [0.1, 0.15) is 0 Å². The van der Waals surface area contributed by atoms with Crippen LogP contribution in [0, 0.1) is 0 Å². The number of likely N-dealkylation sites (N-methyl/N-ethyl adjacent to an activating group) is 1. The zero-order valence-corrected chi connectivity index (χ0v) is 20.6. The van der Waals surface area contributed by atoms with Crippen molar-refractivity contribution in [3.8, 4) is 0 Å². The highest BCUT2D eigenvalue weighted by Crippen LogP contribution is 2.21. The molecule has 0 atom stereocenters. The van der Waals surface area contributed by atoms with Gasteiger partial charge in [0.05, 0.1) is 0 Å². The standard InChI is InChI=1S/C22H26N4O3S.C2H2O4/c1-26(2)11-9-19-15-24-21-8-5-16(13-20(19)21)10-12-30(28,29)25-14-17-3-6-18(7-4-17)22(23)27;3-1(4)2(5)6/h3-8,10,12-13,15,24-25H,9,11,14H2,1-2H3,(H2,23,27);(H,3,4)(H,5,6). The summed E-state index contributed by atoms with van der Waals surface area (Å²) >= 11 is 0. The summed E-state index contributed by atoms with van der Waals surface area (Å²) < 4.78 is 27.2. The van der Waals surface area contributed by atoms with Crippen LogP contribution in [0.2, 0.25) is 0 Å². The number of aliphatic carboxylic acids is 2. The lowest BCUT2D eigenvalue weighted by Crippen LogP contribution is -2.20. The number of carboxylic acids is 2. The Hall–Kier alpha value is -4.00. The number of carbonyl (C=O) groups excluding carboxylic acids is 1. The first kappa shape index (κ1) is 28.2. The lowest BCUT2D eigenvalue weighted by atomic mass is 10.1. The maximum Gasteiger partial charge on any atom is 0.414 e. The molecule has 0 aliphatic carbocycles. The number of aromatic nitrogens is 1. The number of fused-ring (bicyclic) bond motifs is 1. The molecule has 0 unspecified atom stereocenters. The van der Waals surface area contributed by atoms with E-state index in [4.69, 9.17) is 25.5 Å². The first-order valence-electron chi connectivity index (χ1n) is 10.7. The number of carbonyl (C=O) groups is 3. The quantitative estimate of drug-likeness (QED) is 0.266. The fraction of sp³-hybridized carbons (Fsp3) is 0.208. The lowest BCUT2D eigenvalue weighted by Gasteiger charge is -2.08. The van der Waals surface area contributed by atoms with Crippen LogP contribution in [0.5, 0.6) is 0 Å².